The van der Waals surface area contributed by atoms with Crippen LogP contribution in [0.25, 0.3) is 0 Å². The van der Waals surface area contributed by atoms with Gasteiger partial charge in [0, 0.05) is 5.56 Å². The highest BCUT2D eigenvalue weighted by Gasteiger charge is 2.29. The topological polar surface area (TPSA) is 75.3 Å². The number of nitrogens with one attached hydrogen (secondary N) is 1. The molecule has 1 aromatic carbocycles. The van der Waals surface area contributed by atoms with Crippen molar-refractivity contribution < 1.29 is 14.3 Å². The number of halogens is 1. The molecule has 0 aliphatic heterocycles. The van der Waals surface area contributed by atoms with E-state index in [4.69, 9.17) is 10.8 Å². The summed E-state index contributed by atoms with van der Waals surface area (Å²) >= 11 is 0. The number of hydrogen-bond acceptors (Lipinski definition) is 2. The molecular formula is C10H12FN2O2. The van der Waals surface area contributed by atoms with Gasteiger partial charge in [-0.1, -0.05) is 18.2 Å². The van der Waals surface area contributed by atoms with Crippen LogP contribution in [-0.2, 0) is 5.66 Å². The summed E-state index contributed by atoms with van der Waals surface area (Å²) in [5.41, 5.74) is 4.32. The second-order valence-electron chi connectivity index (χ2n) is 3.13. The molecular weight excluding hydrogens is 199 g/mol. The Morgan fingerprint density at radius 2 is 2.20 bits per heavy atom. The van der Waals surface area contributed by atoms with Crippen molar-refractivity contribution in [3.8, 4) is 0 Å². The molecule has 1 radical (unpaired) electrons. The number of benzene rings is 1. The highest BCUT2D eigenvalue weighted by atomic mass is 19.1. The first-order valence-corrected chi connectivity index (χ1v) is 4.34. The van der Waals surface area contributed by atoms with Crippen molar-refractivity contribution >= 4 is 6.09 Å². The lowest BCUT2D eigenvalue weighted by molar-refractivity contribution is 0.177. The summed E-state index contributed by atoms with van der Waals surface area (Å²) in [5.74, 6) is -0.558. The summed E-state index contributed by atoms with van der Waals surface area (Å²) in [7, 11) is 0. The summed E-state index contributed by atoms with van der Waals surface area (Å²) < 4.78 is 13.4. The largest absolute Gasteiger partial charge is 0.465 e. The van der Waals surface area contributed by atoms with Gasteiger partial charge in [-0.15, -0.1) is 0 Å². The number of amides is 1. The second kappa shape index (κ2) is 4.27. The Kier molecular flexibility index (Phi) is 3.26. The molecule has 0 bridgehead atoms. The molecule has 0 saturated carbocycles. The zero-order chi connectivity index (χ0) is 11.5. The van der Waals surface area contributed by atoms with Gasteiger partial charge in [0.25, 0.3) is 0 Å². The van der Waals surface area contributed by atoms with E-state index in [1.165, 1.54) is 18.2 Å². The lowest BCUT2D eigenvalue weighted by Crippen LogP contribution is -2.52. The average molecular weight is 211 g/mol. The van der Waals surface area contributed by atoms with Crippen molar-refractivity contribution in [3.05, 3.63) is 42.6 Å². The summed E-state index contributed by atoms with van der Waals surface area (Å²) in [5, 5.41) is 10.6. The molecule has 0 heterocycles. The molecule has 15 heavy (non-hydrogen) atoms. The van der Waals surface area contributed by atoms with Gasteiger partial charge in [0.2, 0.25) is 0 Å². The van der Waals surface area contributed by atoms with Gasteiger partial charge in [0.1, 0.15) is 11.5 Å². The van der Waals surface area contributed by atoms with Crippen LogP contribution in [0.2, 0.25) is 0 Å². The molecule has 1 amide bonds. The Balaban J connectivity index is 3.11. The maximum atomic E-state index is 13.4. The van der Waals surface area contributed by atoms with E-state index in [1.54, 1.807) is 6.07 Å². The quantitative estimate of drug-likeness (QED) is 0.662. The maximum absolute atomic E-state index is 13.4. The Morgan fingerprint density at radius 1 is 1.60 bits per heavy atom. The molecule has 4 nitrogen and oxygen atoms in total. The maximum Gasteiger partial charge on any atom is 0.406 e. The van der Waals surface area contributed by atoms with Gasteiger partial charge in [-0.3, -0.25) is 5.32 Å². The predicted octanol–water partition coefficient (Wildman–Crippen LogP) is 1.43. The zero-order valence-corrected chi connectivity index (χ0v) is 8.03. The van der Waals surface area contributed by atoms with E-state index in [2.05, 4.69) is 12.2 Å². The molecule has 0 aromatic heterocycles. The number of nitrogens with two attached hydrogens (primary N) is 1. The van der Waals surface area contributed by atoms with Crippen LogP contribution in [0.5, 0.6) is 0 Å². The van der Waals surface area contributed by atoms with Crippen LogP contribution in [0.3, 0.4) is 0 Å². The molecule has 0 aliphatic rings. The van der Waals surface area contributed by atoms with Gasteiger partial charge in [-0.05, 0) is 19.4 Å². The Hall–Kier alpha value is -1.62. The molecule has 1 aromatic rings. The number of carbonyl (C=O) groups is 1. The van der Waals surface area contributed by atoms with Crippen LogP contribution >= 0.6 is 0 Å². The van der Waals surface area contributed by atoms with E-state index in [-0.39, 0.29) is 12.0 Å². The highest BCUT2D eigenvalue weighted by molar-refractivity contribution is 5.66. The molecule has 0 saturated heterocycles. The number of rotatable bonds is 3. The summed E-state index contributed by atoms with van der Waals surface area (Å²) in [4.78, 5) is 10.5. The first-order valence-electron chi connectivity index (χ1n) is 4.34. The Morgan fingerprint density at radius 3 is 2.67 bits per heavy atom. The minimum absolute atomic E-state index is 0.0141. The normalized spacial score (nSPS) is 14.3. The van der Waals surface area contributed by atoms with Crippen molar-refractivity contribution in [1.82, 2.24) is 5.32 Å². The lowest BCUT2D eigenvalue weighted by atomic mass is 9.97. The van der Waals surface area contributed by atoms with Crippen molar-refractivity contribution in [2.45, 2.75) is 12.1 Å². The SMILES string of the molecule is [CH2]CC(N)(NC(=O)O)c1ccccc1F. The van der Waals surface area contributed by atoms with Gasteiger partial charge in [0.15, 0.2) is 0 Å². The van der Waals surface area contributed by atoms with Crippen LogP contribution in [0.1, 0.15) is 12.0 Å². The fraction of sp³-hybridized carbons (Fsp3) is 0.200. The molecule has 0 spiro atoms. The monoisotopic (exact) mass is 211 g/mol. The summed E-state index contributed by atoms with van der Waals surface area (Å²) in [6, 6.07) is 5.73. The average Bonchev–Trinajstić information content (AvgIpc) is 2.17. The molecule has 4 N–H and O–H groups in total. The number of hydrogen-bond donors (Lipinski definition) is 3. The second-order valence-corrected chi connectivity index (χ2v) is 3.13. The third-order valence-electron chi connectivity index (χ3n) is 2.08. The van der Waals surface area contributed by atoms with Gasteiger partial charge in [-0.25, -0.2) is 9.18 Å². The Labute approximate surface area is 86.9 Å². The van der Waals surface area contributed by atoms with Crippen LogP contribution in [0.4, 0.5) is 9.18 Å². The van der Waals surface area contributed by atoms with Gasteiger partial charge in [0.05, 0.1) is 0 Å². The first-order chi connectivity index (χ1) is 6.99. The third-order valence-corrected chi connectivity index (χ3v) is 2.08. The minimum atomic E-state index is -1.49. The lowest BCUT2D eigenvalue weighted by Gasteiger charge is -2.28. The summed E-state index contributed by atoms with van der Waals surface area (Å²) in [6.45, 7) is 3.51. The van der Waals surface area contributed by atoms with Crippen molar-refractivity contribution in [2.75, 3.05) is 0 Å². The zero-order valence-electron chi connectivity index (χ0n) is 8.03. The number of carboxylic acid groups (broad SMARTS) is 1. The molecule has 0 aliphatic carbocycles. The molecule has 1 rings (SSSR count). The molecule has 5 heteroatoms. The van der Waals surface area contributed by atoms with Crippen LogP contribution in [0, 0.1) is 12.7 Å². The first kappa shape index (κ1) is 11.5. The minimum Gasteiger partial charge on any atom is -0.465 e. The fourth-order valence-electron chi connectivity index (χ4n) is 1.28. The molecule has 0 fully saturated rings. The van der Waals surface area contributed by atoms with E-state index in [0.717, 1.165) is 0 Å². The molecule has 1 atom stereocenters. The fourth-order valence-corrected chi connectivity index (χ4v) is 1.28. The molecule has 81 valence electrons. The van der Waals surface area contributed by atoms with Crippen molar-refractivity contribution in [2.24, 2.45) is 5.73 Å². The van der Waals surface area contributed by atoms with E-state index in [9.17, 15) is 9.18 Å². The van der Waals surface area contributed by atoms with Crippen LogP contribution < -0.4 is 11.1 Å². The van der Waals surface area contributed by atoms with Crippen molar-refractivity contribution in [3.63, 3.8) is 0 Å². The molecule has 1 unspecified atom stereocenters. The van der Waals surface area contributed by atoms with E-state index in [0.29, 0.717) is 0 Å². The van der Waals surface area contributed by atoms with Gasteiger partial charge >= 0.3 is 6.09 Å². The Bertz CT molecular complexity index is 370. The standard InChI is InChI=1S/C10H12FN2O2/c1-2-10(12,13-9(14)15)7-5-3-4-6-8(7)11/h3-6,13H,1-2,12H2,(H,14,15). The van der Waals surface area contributed by atoms with E-state index < -0.39 is 17.6 Å². The van der Waals surface area contributed by atoms with Crippen LogP contribution in [-0.4, -0.2) is 11.2 Å². The van der Waals surface area contributed by atoms with E-state index >= 15 is 0 Å². The van der Waals surface area contributed by atoms with Gasteiger partial charge < -0.3 is 10.8 Å². The van der Waals surface area contributed by atoms with Gasteiger partial charge in [-0.2, -0.15) is 0 Å². The predicted molar refractivity (Wildman–Crippen MR) is 53.4 cm³/mol. The van der Waals surface area contributed by atoms with Crippen LogP contribution in [0.15, 0.2) is 24.3 Å². The van der Waals surface area contributed by atoms with Crippen molar-refractivity contribution in [1.29, 1.82) is 0 Å². The summed E-state index contributed by atoms with van der Waals surface area (Å²) in [6.07, 6.45) is -1.30. The smallest absolute Gasteiger partial charge is 0.406 e. The highest BCUT2D eigenvalue weighted by Crippen LogP contribution is 2.21. The van der Waals surface area contributed by atoms with E-state index in [1.807, 2.05) is 0 Å². The third kappa shape index (κ3) is 2.44.